The van der Waals surface area contributed by atoms with Gasteiger partial charge in [-0.15, -0.1) is 0 Å². The van der Waals surface area contributed by atoms with Crippen LogP contribution in [0.5, 0.6) is 0 Å². The number of likely N-dealkylation sites (tertiary alicyclic amines) is 1. The van der Waals surface area contributed by atoms with Gasteiger partial charge < -0.3 is 10.5 Å². The molecule has 1 aliphatic rings. The first-order valence-electron chi connectivity index (χ1n) is 7.13. The highest BCUT2D eigenvalue weighted by Crippen LogP contribution is 2.27. The van der Waals surface area contributed by atoms with E-state index in [4.69, 9.17) is 10.5 Å². The molecule has 1 aromatic carbocycles. The minimum absolute atomic E-state index is 0.264. The van der Waals surface area contributed by atoms with Crippen molar-refractivity contribution in [3.8, 4) is 0 Å². The number of methoxy groups -OCH3 is 1. The molecule has 1 fully saturated rings. The van der Waals surface area contributed by atoms with Gasteiger partial charge in [-0.3, -0.25) is 9.88 Å². The minimum atomic E-state index is 0.264. The number of benzene rings is 1. The van der Waals surface area contributed by atoms with E-state index >= 15 is 0 Å². The maximum absolute atomic E-state index is 6.02. The van der Waals surface area contributed by atoms with Gasteiger partial charge in [0.05, 0.1) is 11.6 Å². The van der Waals surface area contributed by atoms with Crippen molar-refractivity contribution in [2.24, 2.45) is 5.73 Å². The molecule has 0 amide bonds. The van der Waals surface area contributed by atoms with Crippen molar-refractivity contribution in [2.45, 2.75) is 18.6 Å². The monoisotopic (exact) mass is 271 g/mol. The van der Waals surface area contributed by atoms with Gasteiger partial charge in [0.15, 0.2) is 0 Å². The molecule has 2 heterocycles. The number of nitrogens with two attached hydrogens (primary N) is 1. The van der Waals surface area contributed by atoms with E-state index < -0.39 is 0 Å². The van der Waals surface area contributed by atoms with Crippen LogP contribution in [0.25, 0.3) is 10.9 Å². The zero-order chi connectivity index (χ0) is 13.9. The fraction of sp³-hybridized carbons (Fsp3) is 0.438. The summed E-state index contributed by atoms with van der Waals surface area (Å²) >= 11 is 0. The molecule has 106 valence electrons. The zero-order valence-electron chi connectivity index (χ0n) is 11.8. The topological polar surface area (TPSA) is 51.4 Å². The normalized spacial score (nSPS) is 21.4. The van der Waals surface area contributed by atoms with Gasteiger partial charge in [-0.25, -0.2) is 0 Å². The van der Waals surface area contributed by atoms with Crippen LogP contribution in [-0.4, -0.2) is 42.7 Å². The summed E-state index contributed by atoms with van der Waals surface area (Å²) in [4.78, 5) is 6.79. The van der Waals surface area contributed by atoms with Crippen LogP contribution in [0.4, 0.5) is 0 Å². The van der Waals surface area contributed by atoms with Gasteiger partial charge in [0.25, 0.3) is 0 Å². The van der Waals surface area contributed by atoms with Gasteiger partial charge in [0, 0.05) is 44.4 Å². The Morgan fingerprint density at radius 1 is 1.45 bits per heavy atom. The van der Waals surface area contributed by atoms with Crippen LogP contribution in [-0.2, 0) is 4.74 Å². The third kappa shape index (κ3) is 2.54. The van der Waals surface area contributed by atoms with E-state index in [0.29, 0.717) is 12.6 Å². The van der Waals surface area contributed by atoms with Gasteiger partial charge >= 0.3 is 0 Å². The second-order valence-electron chi connectivity index (χ2n) is 5.35. The van der Waals surface area contributed by atoms with Crippen LogP contribution in [0, 0.1) is 0 Å². The van der Waals surface area contributed by atoms with Gasteiger partial charge in [-0.05, 0) is 30.2 Å². The summed E-state index contributed by atoms with van der Waals surface area (Å²) in [6.07, 6.45) is 3.25. The standard InChI is InChI=1S/C16H21N3O/c1-20-14-6-8-19(11-14)16(10-17)13-4-5-15-12(9-13)3-2-7-18-15/h2-5,7,9,14,16H,6,8,10-11,17H2,1H3. The Bertz CT molecular complexity index is 587. The number of hydrogen-bond donors (Lipinski definition) is 1. The summed E-state index contributed by atoms with van der Waals surface area (Å²) < 4.78 is 5.45. The third-order valence-electron chi connectivity index (χ3n) is 4.19. The summed E-state index contributed by atoms with van der Waals surface area (Å²) in [6.45, 7) is 2.64. The van der Waals surface area contributed by atoms with E-state index in [2.05, 4.69) is 34.1 Å². The fourth-order valence-electron chi connectivity index (χ4n) is 3.03. The lowest BCUT2D eigenvalue weighted by molar-refractivity contribution is 0.101. The lowest BCUT2D eigenvalue weighted by Crippen LogP contribution is -2.32. The number of rotatable bonds is 4. The molecule has 4 nitrogen and oxygen atoms in total. The number of fused-ring (bicyclic) bond motifs is 1. The van der Waals surface area contributed by atoms with Crippen molar-refractivity contribution in [1.29, 1.82) is 0 Å². The van der Waals surface area contributed by atoms with Gasteiger partial charge in [0.1, 0.15) is 0 Å². The molecule has 1 saturated heterocycles. The Morgan fingerprint density at radius 3 is 3.10 bits per heavy atom. The molecule has 2 N–H and O–H groups in total. The van der Waals surface area contributed by atoms with Crippen LogP contribution in [0.3, 0.4) is 0 Å². The molecular formula is C16H21N3O. The molecule has 1 aromatic heterocycles. The molecule has 20 heavy (non-hydrogen) atoms. The van der Waals surface area contributed by atoms with E-state index in [0.717, 1.165) is 25.0 Å². The van der Waals surface area contributed by atoms with Crippen LogP contribution in [0.1, 0.15) is 18.0 Å². The predicted molar refractivity (Wildman–Crippen MR) is 80.5 cm³/mol. The Morgan fingerprint density at radius 2 is 2.35 bits per heavy atom. The van der Waals surface area contributed by atoms with Crippen LogP contribution in [0.2, 0.25) is 0 Å². The second kappa shape index (κ2) is 5.87. The number of hydrogen-bond acceptors (Lipinski definition) is 4. The number of ether oxygens (including phenoxy) is 1. The highest BCUT2D eigenvalue weighted by Gasteiger charge is 2.28. The molecule has 0 radical (unpaired) electrons. The van der Waals surface area contributed by atoms with Crippen molar-refractivity contribution in [3.05, 3.63) is 42.1 Å². The summed E-state index contributed by atoms with van der Waals surface area (Å²) in [5.41, 5.74) is 8.32. The number of nitrogens with zero attached hydrogens (tertiary/aromatic N) is 2. The Hall–Kier alpha value is -1.49. The summed E-state index contributed by atoms with van der Waals surface area (Å²) in [5.74, 6) is 0. The molecule has 0 aliphatic carbocycles. The minimum Gasteiger partial charge on any atom is -0.380 e. The first-order valence-corrected chi connectivity index (χ1v) is 7.13. The third-order valence-corrected chi connectivity index (χ3v) is 4.19. The van der Waals surface area contributed by atoms with E-state index in [1.54, 1.807) is 7.11 Å². The summed E-state index contributed by atoms with van der Waals surface area (Å²) in [5, 5.41) is 1.17. The first kappa shape index (κ1) is 13.5. The van der Waals surface area contributed by atoms with Crippen molar-refractivity contribution < 1.29 is 4.74 Å². The summed E-state index contributed by atoms with van der Waals surface area (Å²) in [7, 11) is 1.79. The van der Waals surface area contributed by atoms with E-state index in [1.807, 2.05) is 12.3 Å². The quantitative estimate of drug-likeness (QED) is 0.923. The van der Waals surface area contributed by atoms with Crippen LogP contribution in [0.15, 0.2) is 36.5 Å². The smallest absolute Gasteiger partial charge is 0.0710 e. The largest absolute Gasteiger partial charge is 0.380 e. The molecule has 2 unspecified atom stereocenters. The first-order chi connectivity index (χ1) is 9.81. The van der Waals surface area contributed by atoms with Crippen molar-refractivity contribution in [3.63, 3.8) is 0 Å². The average molecular weight is 271 g/mol. The van der Waals surface area contributed by atoms with Gasteiger partial charge in [0.2, 0.25) is 0 Å². The molecule has 2 aromatic rings. The Labute approximate surface area is 119 Å². The SMILES string of the molecule is COC1CCN(C(CN)c2ccc3ncccc3c2)C1. The van der Waals surface area contributed by atoms with Crippen molar-refractivity contribution >= 4 is 10.9 Å². The lowest BCUT2D eigenvalue weighted by atomic mass is 10.0. The molecule has 1 aliphatic heterocycles. The molecular weight excluding hydrogens is 250 g/mol. The Kier molecular flexibility index (Phi) is 3.96. The average Bonchev–Trinajstić information content (AvgIpc) is 2.97. The Balaban J connectivity index is 1.87. The van der Waals surface area contributed by atoms with E-state index in [1.165, 1.54) is 10.9 Å². The van der Waals surface area contributed by atoms with Crippen molar-refractivity contribution in [2.75, 3.05) is 26.7 Å². The highest BCUT2D eigenvalue weighted by atomic mass is 16.5. The summed E-state index contributed by atoms with van der Waals surface area (Å²) in [6, 6.07) is 10.8. The fourth-order valence-corrected chi connectivity index (χ4v) is 3.03. The number of aromatic nitrogens is 1. The molecule has 2 atom stereocenters. The molecule has 4 heteroatoms. The van der Waals surface area contributed by atoms with Crippen molar-refractivity contribution in [1.82, 2.24) is 9.88 Å². The molecule has 3 rings (SSSR count). The molecule has 0 spiro atoms. The number of pyridine rings is 1. The van der Waals surface area contributed by atoms with Crippen LogP contribution < -0.4 is 5.73 Å². The predicted octanol–water partition coefficient (Wildman–Crippen LogP) is 1.96. The van der Waals surface area contributed by atoms with E-state index in [-0.39, 0.29) is 6.04 Å². The van der Waals surface area contributed by atoms with Gasteiger partial charge in [-0.1, -0.05) is 12.1 Å². The highest BCUT2D eigenvalue weighted by molar-refractivity contribution is 5.79. The molecule has 0 saturated carbocycles. The van der Waals surface area contributed by atoms with Crippen LogP contribution >= 0.6 is 0 Å². The molecule has 0 bridgehead atoms. The maximum atomic E-state index is 6.02. The maximum Gasteiger partial charge on any atom is 0.0710 e. The van der Waals surface area contributed by atoms with E-state index in [9.17, 15) is 0 Å². The van der Waals surface area contributed by atoms with Gasteiger partial charge in [-0.2, -0.15) is 0 Å². The second-order valence-corrected chi connectivity index (χ2v) is 5.35. The lowest BCUT2D eigenvalue weighted by Gasteiger charge is -2.27. The zero-order valence-corrected chi connectivity index (χ0v) is 11.8.